The van der Waals surface area contributed by atoms with Crippen LogP contribution in [0.4, 0.5) is 11.4 Å². The van der Waals surface area contributed by atoms with Crippen molar-refractivity contribution in [2.45, 2.75) is 6.92 Å². The number of nitrogens with zero attached hydrogens (tertiary/aromatic N) is 1. The first-order valence-electron chi connectivity index (χ1n) is 14.8. The van der Waals surface area contributed by atoms with Gasteiger partial charge in [0, 0.05) is 17.0 Å². The number of aryl methyl sites for hydroxylation is 1. The summed E-state index contributed by atoms with van der Waals surface area (Å²) in [6.45, 7) is 10.2. The van der Waals surface area contributed by atoms with E-state index in [2.05, 4.69) is 135 Å². The number of hydrogen-bond acceptors (Lipinski definition) is 2. The van der Waals surface area contributed by atoms with Gasteiger partial charge in [0.2, 0.25) is 0 Å². The molecule has 0 unspecified atom stereocenters. The van der Waals surface area contributed by atoms with Crippen LogP contribution in [0.15, 0.2) is 146 Å². The highest BCUT2D eigenvalue weighted by Gasteiger charge is 2.14. The first-order chi connectivity index (χ1) is 21.6. The van der Waals surface area contributed by atoms with Gasteiger partial charge in [0.05, 0.1) is 11.4 Å². The van der Waals surface area contributed by atoms with Gasteiger partial charge >= 0.3 is 0 Å². The maximum absolute atomic E-state index is 6.69. The minimum atomic E-state index is 0.673. The van der Waals surface area contributed by atoms with E-state index in [0.29, 0.717) is 5.69 Å². The molecule has 0 bridgehead atoms. The number of nitrogen functional groups attached to an aromatic ring is 1. The lowest BCUT2D eigenvalue weighted by Gasteiger charge is -2.15. The second-order valence-electron chi connectivity index (χ2n) is 11.1. The molecule has 0 aliphatic rings. The summed E-state index contributed by atoms with van der Waals surface area (Å²) in [4.78, 5) is 4.71. The molecule has 0 aromatic heterocycles. The molecule has 2 heteroatoms. The fourth-order valence-corrected chi connectivity index (χ4v) is 6.47. The predicted molar refractivity (Wildman–Crippen MR) is 194 cm³/mol. The molecule has 0 aliphatic heterocycles. The summed E-state index contributed by atoms with van der Waals surface area (Å²) in [6, 6.07) is 40.8. The van der Waals surface area contributed by atoms with E-state index >= 15 is 0 Å². The van der Waals surface area contributed by atoms with E-state index in [1.165, 1.54) is 32.7 Å². The molecule has 0 spiro atoms. The van der Waals surface area contributed by atoms with Crippen molar-refractivity contribution in [1.82, 2.24) is 0 Å². The average molecular weight is 565 g/mol. The molecule has 2 N–H and O–H groups in total. The Kier molecular flexibility index (Phi) is 6.88. The lowest BCUT2D eigenvalue weighted by molar-refractivity contribution is 1.52. The van der Waals surface area contributed by atoms with Crippen LogP contribution < -0.4 is 5.73 Å². The molecule has 7 rings (SSSR count). The molecule has 0 radical (unpaired) electrons. The van der Waals surface area contributed by atoms with Gasteiger partial charge in [-0.1, -0.05) is 128 Å². The van der Waals surface area contributed by atoms with Gasteiger partial charge in [0.15, 0.2) is 0 Å². The van der Waals surface area contributed by atoms with Crippen LogP contribution in [0.1, 0.15) is 16.7 Å². The zero-order valence-corrected chi connectivity index (χ0v) is 24.7. The van der Waals surface area contributed by atoms with Crippen molar-refractivity contribution in [2.75, 3.05) is 5.73 Å². The Morgan fingerprint density at radius 2 is 1.20 bits per heavy atom. The average Bonchev–Trinajstić information content (AvgIpc) is 3.08. The van der Waals surface area contributed by atoms with Crippen LogP contribution in [0.25, 0.3) is 65.9 Å². The van der Waals surface area contributed by atoms with Gasteiger partial charge in [-0.2, -0.15) is 0 Å². The number of nitrogens with two attached hydrogens (primary N) is 1. The fourth-order valence-electron chi connectivity index (χ4n) is 6.47. The minimum absolute atomic E-state index is 0.673. The summed E-state index contributed by atoms with van der Waals surface area (Å²) in [6.07, 6.45) is 7.62. The minimum Gasteiger partial charge on any atom is -0.396 e. The van der Waals surface area contributed by atoms with E-state index in [9.17, 15) is 0 Å². The van der Waals surface area contributed by atoms with Crippen LogP contribution in [-0.2, 0) is 0 Å². The monoisotopic (exact) mass is 564 g/mol. The summed E-state index contributed by atoms with van der Waals surface area (Å²) in [5.74, 6) is 0. The van der Waals surface area contributed by atoms with Crippen LogP contribution in [0.5, 0.6) is 0 Å². The second kappa shape index (κ2) is 11.2. The van der Waals surface area contributed by atoms with Crippen molar-refractivity contribution in [3.63, 3.8) is 0 Å². The Labute approximate surface area is 257 Å². The van der Waals surface area contributed by atoms with E-state index in [1.807, 2.05) is 12.1 Å². The largest absolute Gasteiger partial charge is 0.396 e. The van der Waals surface area contributed by atoms with Crippen molar-refractivity contribution in [3.8, 4) is 11.1 Å². The van der Waals surface area contributed by atoms with E-state index in [4.69, 9.17) is 10.7 Å². The van der Waals surface area contributed by atoms with Crippen molar-refractivity contribution in [2.24, 2.45) is 4.99 Å². The molecule has 44 heavy (non-hydrogen) atoms. The zero-order valence-electron chi connectivity index (χ0n) is 24.7. The van der Waals surface area contributed by atoms with Gasteiger partial charge in [0.1, 0.15) is 0 Å². The van der Waals surface area contributed by atoms with Gasteiger partial charge in [0.25, 0.3) is 0 Å². The predicted octanol–water partition coefficient (Wildman–Crippen LogP) is 11.5. The molecule has 0 amide bonds. The van der Waals surface area contributed by atoms with Gasteiger partial charge in [-0.15, -0.1) is 0 Å². The summed E-state index contributed by atoms with van der Waals surface area (Å²) < 4.78 is 0. The van der Waals surface area contributed by atoms with Gasteiger partial charge in [-0.3, -0.25) is 4.99 Å². The third-order valence-corrected chi connectivity index (χ3v) is 8.64. The van der Waals surface area contributed by atoms with E-state index in [-0.39, 0.29) is 0 Å². The highest BCUT2D eigenvalue weighted by Crippen LogP contribution is 2.42. The Balaban J connectivity index is 1.39. The molecular weight excluding hydrogens is 532 g/mol. The van der Waals surface area contributed by atoms with Crippen molar-refractivity contribution < 1.29 is 0 Å². The quantitative estimate of drug-likeness (QED) is 0.0705. The molecule has 0 saturated heterocycles. The van der Waals surface area contributed by atoms with Gasteiger partial charge < -0.3 is 5.73 Å². The normalized spacial score (nSPS) is 12.1. The maximum atomic E-state index is 6.69. The number of aliphatic imine (C=N–C) groups is 1. The summed E-state index contributed by atoms with van der Waals surface area (Å²) in [5, 5.41) is 9.31. The molecule has 0 heterocycles. The molecule has 7 aromatic rings. The van der Waals surface area contributed by atoms with E-state index < -0.39 is 0 Å². The summed E-state index contributed by atoms with van der Waals surface area (Å²) in [5.41, 5.74) is 15.0. The first-order valence-corrected chi connectivity index (χ1v) is 14.8. The van der Waals surface area contributed by atoms with Crippen LogP contribution in [-0.4, -0.2) is 6.21 Å². The topological polar surface area (TPSA) is 38.4 Å². The highest BCUT2D eigenvalue weighted by molar-refractivity contribution is 6.20. The van der Waals surface area contributed by atoms with E-state index in [0.717, 1.165) is 49.5 Å². The highest BCUT2D eigenvalue weighted by atomic mass is 14.8. The Hall–Kier alpha value is -5.73. The molecule has 0 fully saturated rings. The zero-order chi connectivity index (χ0) is 30.2. The Morgan fingerprint density at radius 1 is 0.614 bits per heavy atom. The number of anilines is 1. The maximum Gasteiger partial charge on any atom is 0.0943 e. The molecule has 0 aliphatic carbocycles. The van der Waals surface area contributed by atoms with Crippen molar-refractivity contribution >= 4 is 72.3 Å². The number of rotatable bonds is 6. The molecule has 210 valence electrons. The summed E-state index contributed by atoms with van der Waals surface area (Å²) in [7, 11) is 0. The number of fused-ring (bicyclic) bond motifs is 6. The van der Waals surface area contributed by atoms with Gasteiger partial charge in [-0.05, 0) is 90.8 Å². The van der Waals surface area contributed by atoms with Crippen molar-refractivity contribution in [3.05, 3.63) is 157 Å². The second-order valence-corrected chi connectivity index (χ2v) is 11.1. The number of hydrogen-bond donors (Lipinski definition) is 1. The van der Waals surface area contributed by atoms with E-state index in [1.54, 1.807) is 12.3 Å². The smallest absolute Gasteiger partial charge is 0.0943 e. The third-order valence-electron chi connectivity index (χ3n) is 8.64. The standard InChI is InChI=1S/C42H32N2/c1-4-23-44-42-40-26-31(21-22-37(40)35-18-10-11-20-38(35)41(42)43)30-14-12-13-29(24-30)28(5-2)25-39-27(3)32-15-6-7-16-33(32)34-17-8-9-19-36(34)39/h4-26H,1-2,43H2,3H3/b28-25+,44-23?. The van der Waals surface area contributed by atoms with Crippen LogP contribution >= 0.6 is 0 Å². The third kappa shape index (κ3) is 4.49. The Bertz CT molecular complexity index is 2340. The fraction of sp³-hybridized carbons (Fsp3) is 0.0238. The lowest BCUT2D eigenvalue weighted by atomic mass is 9.90. The molecular formula is C42H32N2. The SMILES string of the molecule is C=CC=Nc1c(N)c2ccccc2c2ccc(-c3cccc(/C(C=C)=C/c4c(C)c5ccccc5c5ccccc45)c3)cc12. The van der Waals surface area contributed by atoms with Crippen LogP contribution in [0.2, 0.25) is 0 Å². The number of benzene rings is 7. The Morgan fingerprint density at radius 3 is 1.91 bits per heavy atom. The molecule has 2 nitrogen and oxygen atoms in total. The first kappa shape index (κ1) is 27.1. The van der Waals surface area contributed by atoms with Crippen LogP contribution in [0.3, 0.4) is 0 Å². The molecule has 7 aromatic carbocycles. The molecule has 0 saturated carbocycles. The van der Waals surface area contributed by atoms with Gasteiger partial charge in [-0.25, -0.2) is 0 Å². The van der Waals surface area contributed by atoms with Crippen molar-refractivity contribution in [1.29, 1.82) is 0 Å². The van der Waals surface area contributed by atoms with Crippen LogP contribution in [0, 0.1) is 6.92 Å². The molecule has 0 atom stereocenters. The number of allylic oxidation sites excluding steroid dienone is 3. The lowest BCUT2D eigenvalue weighted by Crippen LogP contribution is -1.92. The summed E-state index contributed by atoms with van der Waals surface area (Å²) >= 11 is 0.